The number of fused-ring (bicyclic) bond motifs is 1. The minimum Gasteiger partial charge on any atom is -0.339 e. The quantitative estimate of drug-likeness (QED) is 0.187. The number of thioether (sulfide) groups is 2. The van der Waals surface area contributed by atoms with Crippen LogP contribution in [0.1, 0.15) is 25.1 Å². The van der Waals surface area contributed by atoms with E-state index in [0.717, 1.165) is 57.3 Å². The fourth-order valence-corrected chi connectivity index (χ4v) is 6.22. The van der Waals surface area contributed by atoms with E-state index in [1.165, 1.54) is 4.70 Å². The molecule has 33 heavy (non-hydrogen) atoms. The smallest absolute Gasteiger partial charge is 0.226 e. The molecule has 0 N–H and O–H groups in total. The molecule has 0 aliphatic heterocycles. The molecular weight excluding hydrogens is 474 g/mol. The molecule has 8 nitrogen and oxygen atoms in total. The molecule has 5 aromatic rings. The first-order valence-electron chi connectivity index (χ1n) is 10.6. The number of rotatable bonds is 10. The van der Waals surface area contributed by atoms with Gasteiger partial charge in [-0.2, -0.15) is 4.98 Å². The van der Waals surface area contributed by atoms with Crippen LogP contribution in [0.5, 0.6) is 0 Å². The second-order valence-corrected chi connectivity index (χ2v) is 10.4. The zero-order valence-electron chi connectivity index (χ0n) is 17.9. The van der Waals surface area contributed by atoms with Crippen LogP contribution in [-0.4, -0.2) is 40.6 Å². The maximum atomic E-state index is 5.38. The van der Waals surface area contributed by atoms with Crippen molar-refractivity contribution in [3.8, 4) is 11.4 Å². The highest BCUT2D eigenvalue weighted by Gasteiger charge is 2.14. The van der Waals surface area contributed by atoms with Crippen LogP contribution in [0, 0.1) is 0 Å². The SMILES string of the molecule is CCn1c(CSc2nc3ccccc3s2)nnc1SCCCc1nc(-c2ccncc2)no1. The molecular formula is C22H21N7OS3. The van der Waals surface area contributed by atoms with E-state index in [1.54, 1.807) is 47.3 Å². The second kappa shape index (κ2) is 10.4. The fourth-order valence-electron chi connectivity index (χ4n) is 3.25. The summed E-state index contributed by atoms with van der Waals surface area (Å²) in [7, 11) is 0. The first-order valence-corrected chi connectivity index (χ1v) is 13.3. The summed E-state index contributed by atoms with van der Waals surface area (Å²) < 4.78 is 9.83. The molecule has 4 aromatic heterocycles. The molecule has 0 unspecified atom stereocenters. The minimum atomic E-state index is 0.598. The van der Waals surface area contributed by atoms with E-state index in [1.807, 2.05) is 30.3 Å². The topological polar surface area (TPSA) is 95.4 Å². The highest BCUT2D eigenvalue weighted by atomic mass is 32.2. The molecule has 0 saturated heterocycles. The maximum Gasteiger partial charge on any atom is 0.226 e. The van der Waals surface area contributed by atoms with Crippen LogP contribution in [0.4, 0.5) is 0 Å². The van der Waals surface area contributed by atoms with Crippen molar-refractivity contribution in [2.75, 3.05) is 5.75 Å². The van der Waals surface area contributed by atoms with Crippen molar-refractivity contribution in [3.63, 3.8) is 0 Å². The average Bonchev–Trinajstić information content (AvgIpc) is 3.59. The predicted molar refractivity (Wildman–Crippen MR) is 131 cm³/mol. The van der Waals surface area contributed by atoms with Crippen molar-refractivity contribution in [1.82, 2.24) is 34.9 Å². The Kier molecular flexibility index (Phi) is 6.98. The zero-order valence-corrected chi connectivity index (χ0v) is 20.4. The van der Waals surface area contributed by atoms with Crippen molar-refractivity contribution < 1.29 is 4.52 Å². The molecule has 0 spiro atoms. The lowest BCUT2D eigenvalue weighted by Gasteiger charge is -2.06. The third kappa shape index (κ3) is 5.26. The van der Waals surface area contributed by atoms with Gasteiger partial charge in [0.1, 0.15) is 5.82 Å². The molecule has 0 aliphatic rings. The molecule has 0 radical (unpaired) electrons. The summed E-state index contributed by atoms with van der Waals surface area (Å²) in [6.45, 7) is 2.96. The monoisotopic (exact) mass is 495 g/mol. The largest absolute Gasteiger partial charge is 0.339 e. The normalized spacial score (nSPS) is 11.4. The summed E-state index contributed by atoms with van der Waals surface area (Å²) in [5, 5.41) is 13.9. The van der Waals surface area contributed by atoms with Crippen molar-refractivity contribution in [2.45, 2.75) is 41.6 Å². The summed E-state index contributed by atoms with van der Waals surface area (Å²) in [6, 6.07) is 12.0. The molecule has 4 heterocycles. The molecule has 0 aliphatic carbocycles. The van der Waals surface area contributed by atoms with E-state index in [4.69, 9.17) is 9.51 Å². The molecule has 0 bridgehead atoms. The Hall–Kier alpha value is -2.76. The Morgan fingerprint density at radius 2 is 1.91 bits per heavy atom. The van der Waals surface area contributed by atoms with E-state index >= 15 is 0 Å². The highest BCUT2D eigenvalue weighted by molar-refractivity contribution is 8.00. The minimum absolute atomic E-state index is 0.598. The van der Waals surface area contributed by atoms with Crippen LogP contribution in [0.3, 0.4) is 0 Å². The van der Waals surface area contributed by atoms with Crippen LogP contribution < -0.4 is 0 Å². The Bertz CT molecular complexity index is 1300. The summed E-state index contributed by atoms with van der Waals surface area (Å²) in [6.07, 6.45) is 5.08. The summed E-state index contributed by atoms with van der Waals surface area (Å²) in [5.74, 6) is 3.87. The van der Waals surface area contributed by atoms with Crippen LogP contribution in [0.2, 0.25) is 0 Å². The first kappa shape index (κ1) is 22.1. The van der Waals surface area contributed by atoms with E-state index < -0.39 is 0 Å². The molecule has 0 atom stereocenters. The number of pyridine rings is 1. The lowest BCUT2D eigenvalue weighted by Crippen LogP contribution is -2.02. The van der Waals surface area contributed by atoms with Crippen molar-refractivity contribution >= 4 is 45.1 Å². The van der Waals surface area contributed by atoms with Crippen LogP contribution in [-0.2, 0) is 18.7 Å². The van der Waals surface area contributed by atoms with Gasteiger partial charge in [0.25, 0.3) is 0 Å². The van der Waals surface area contributed by atoms with Crippen LogP contribution in [0.25, 0.3) is 21.6 Å². The Labute approximate surface area is 203 Å². The molecule has 1 aromatic carbocycles. The second-order valence-electron chi connectivity index (χ2n) is 7.08. The van der Waals surface area contributed by atoms with E-state index in [2.05, 4.69) is 42.9 Å². The summed E-state index contributed by atoms with van der Waals surface area (Å²) in [5.41, 5.74) is 1.95. The van der Waals surface area contributed by atoms with Gasteiger partial charge in [0.2, 0.25) is 11.7 Å². The summed E-state index contributed by atoms with van der Waals surface area (Å²) in [4.78, 5) is 13.2. The first-order chi connectivity index (χ1) is 16.3. The van der Waals surface area contributed by atoms with Crippen molar-refractivity contribution in [2.24, 2.45) is 0 Å². The lowest BCUT2D eigenvalue weighted by atomic mass is 10.2. The Morgan fingerprint density at radius 1 is 1.03 bits per heavy atom. The summed E-state index contributed by atoms with van der Waals surface area (Å²) >= 11 is 5.14. The third-order valence-corrected chi connectivity index (χ3v) is 8.11. The van der Waals surface area contributed by atoms with Gasteiger partial charge in [0, 0.05) is 36.7 Å². The average molecular weight is 496 g/mol. The Balaban J connectivity index is 1.13. The van der Waals surface area contributed by atoms with Gasteiger partial charge in [0.15, 0.2) is 9.50 Å². The molecule has 5 rings (SSSR count). The van der Waals surface area contributed by atoms with Gasteiger partial charge in [-0.15, -0.1) is 21.5 Å². The number of aromatic nitrogens is 7. The number of aryl methyl sites for hydroxylation is 1. The van der Waals surface area contributed by atoms with Gasteiger partial charge in [-0.05, 0) is 37.6 Å². The Morgan fingerprint density at radius 3 is 2.76 bits per heavy atom. The number of nitrogens with zero attached hydrogens (tertiary/aromatic N) is 7. The maximum absolute atomic E-state index is 5.38. The van der Waals surface area contributed by atoms with E-state index in [9.17, 15) is 0 Å². The van der Waals surface area contributed by atoms with Gasteiger partial charge in [-0.25, -0.2) is 4.98 Å². The number of thiazole rings is 1. The predicted octanol–water partition coefficient (Wildman–Crippen LogP) is 5.37. The standard InChI is InChI=1S/C22H21N7OS3/c1-2-29-18(14-32-22-24-16-6-3-4-7-17(16)33-22)26-27-21(29)31-13-5-8-19-25-20(28-30-19)15-9-11-23-12-10-15/h3-4,6-7,9-12H,2,5,8,13-14H2,1H3. The third-order valence-electron chi connectivity index (χ3n) is 4.88. The molecule has 11 heteroatoms. The van der Waals surface area contributed by atoms with E-state index in [-0.39, 0.29) is 0 Å². The van der Waals surface area contributed by atoms with Gasteiger partial charge in [-0.3, -0.25) is 4.98 Å². The molecule has 0 amide bonds. The van der Waals surface area contributed by atoms with Crippen molar-refractivity contribution in [3.05, 3.63) is 60.5 Å². The molecule has 0 fully saturated rings. The van der Waals surface area contributed by atoms with E-state index in [0.29, 0.717) is 11.7 Å². The van der Waals surface area contributed by atoms with Gasteiger partial charge in [0.05, 0.1) is 16.0 Å². The van der Waals surface area contributed by atoms with Crippen molar-refractivity contribution in [1.29, 1.82) is 0 Å². The highest BCUT2D eigenvalue weighted by Crippen LogP contribution is 2.31. The van der Waals surface area contributed by atoms with Crippen LogP contribution in [0.15, 0.2) is 62.8 Å². The lowest BCUT2D eigenvalue weighted by molar-refractivity contribution is 0.378. The zero-order chi connectivity index (χ0) is 22.5. The number of benzene rings is 1. The number of hydrogen-bond donors (Lipinski definition) is 0. The fraction of sp³-hybridized carbons (Fsp3) is 0.273. The number of hydrogen-bond acceptors (Lipinski definition) is 10. The van der Waals surface area contributed by atoms with Gasteiger partial charge < -0.3 is 9.09 Å². The van der Waals surface area contributed by atoms with Gasteiger partial charge >= 0.3 is 0 Å². The van der Waals surface area contributed by atoms with Crippen LogP contribution >= 0.6 is 34.9 Å². The molecule has 0 saturated carbocycles. The van der Waals surface area contributed by atoms with Gasteiger partial charge in [-0.1, -0.05) is 40.8 Å². The number of para-hydroxylation sites is 1. The molecule has 168 valence electrons.